The predicted molar refractivity (Wildman–Crippen MR) is 71.0 cm³/mol. The maximum Gasteiger partial charge on any atom is 0.0592 e. The van der Waals surface area contributed by atoms with Gasteiger partial charge < -0.3 is 10.1 Å². The molecule has 0 amide bonds. The highest BCUT2D eigenvalue weighted by molar-refractivity contribution is 9.10. The second kappa shape index (κ2) is 5.69. The lowest BCUT2D eigenvalue weighted by Gasteiger charge is -2.12. The molecule has 1 aliphatic rings. The predicted octanol–water partition coefficient (Wildman–Crippen LogP) is 3.74. The third kappa shape index (κ3) is 3.22. The van der Waals surface area contributed by atoms with E-state index in [-0.39, 0.29) is 0 Å². The van der Waals surface area contributed by atoms with Crippen molar-refractivity contribution in [2.75, 3.05) is 18.5 Å². The van der Waals surface area contributed by atoms with E-state index in [2.05, 4.69) is 46.4 Å². The Balaban J connectivity index is 1.82. The molecule has 1 heterocycles. The van der Waals surface area contributed by atoms with Gasteiger partial charge in [0.25, 0.3) is 0 Å². The molecule has 1 aromatic rings. The topological polar surface area (TPSA) is 21.3 Å². The van der Waals surface area contributed by atoms with E-state index in [1.54, 1.807) is 0 Å². The lowest BCUT2D eigenvalue weighted by molar-refractivity contribution is 0.107. The molecule has 0 saturated carbocycles. The van der Waals surface area contributed by atoms with Crippen LogP contribution in [-0.2, 0) is 4.74 Å². The largest absolute Gasteiger partial charge is 0.384 e. The van der Waals surface area contributed by atoms with Crippen molar-refractivity contribution in [3.05, 3.63) is 28.2 Å². The van der Waals surface area contributed by atoms with Crippen molar-refractivity contribution in [1.29, 1.82) is 0 Å². The Morgan fingerprint density at radius 1 is 1.50 bits per heavy atom. The van der Waals surface area contributed by atoms with E-state index in [9.17, 15) is 0 Å². The van der Waals surface area contributed by atoms with E-state index < -0.39 is 0 Å². The Morgan fingerprint density at radius 2 is 2.38 bits per heavy atom. The quantitative estimate of drug-likeness (QED) is 0.909. The van der Waals surface area contributed by atoms with Crippen LogP contribution in [-0.4, -0.2) is 19.3 Å². The second-order valence-electron chi connectivity index (χ2n) is 4.33. The monoisotopic (exact) mass is 283 g/mol. The number of ether oxygens (including phenoxy) is 1. The van der Waals surface area contributed by atoms with Crippen LogP contribution in [0, 0.1) is 6.92 Å². The summed E-state index contributed by atoms with van der Waals surface area (Å²) in [7, 11) is 0. The lowest BCUT2D eigenvalue weighted by atomic mass is 10.2. The highest BCUT2D eigenvalue weighted by Gasteiger charge is 2.14. The van der Waals surface area contributed by atoms with Crippen molar-refractivity contribution in [3.8, 4) is 0 Å². The minimum absolute atomic E-state index is 0.469. The van der Waals surface area contributed by atoms with Gasteiger partial charge in [-0.25, -0.2) is 0 Å². The van der Waals surface area contributed by atoms with Crippen molar-refractivity contribution >= 4 is 21.6 Å². The molecular formula is C13H18BrNO. The fraction of sp³-hybridized carbons (Fsp3) is 0.538. The number of hydrogen-bond acceptors (Lipinski definition) is 2. The molecule has 1 aromatic carbocycles. The number of hydrogen-bond donors (Lipinski definition) is 1. The molecule has 2 rings (SSSR count). The van der Waals surface area contributed by atoms with E-state index in [1.807, 2.05) is 0 Å². The molecule has 0 aromatic heterocycles. The van der Waals surface area contributed by atoms with Crippen molar-refractivity contribution in [2.24, 2.45) is 0 Å². The van der Waals surface area contributed by atoms with Crippen LogP contribution in [0.3, 0.4) is 0 Å². The highest BCUT2D eigenvalue weighted by Crippen LogP contribution is 2.23. The zero-order chi connectivity index (χ0) is 11.4. The third-order valence-corrected chi connectivity index (χ3v) is 3.62. The van der Waals surface area contributed by atoms with Crippen molar-refractivity contribution in [2.45, 2.75) is 32.3 Å². The molecule has 1 aliphatic heterocycles. The summed E-state index contributed by atoms with van der Waals surface area (Å²) in [6, 6.07) is 6.36. The molecule has 0 radical (unpaired) electrons. The first kappa shape index (κ1) is 11.9. The van der Waals surface area contributed by atoms with Gasteiger partial charge in [-0.1, -0.05) is 6.07 Å². The fourth-order valence-corrected chi connectivity index (χ4v) is 2.40. The highest BCUT2D eigenvalue weighted by atomic mass is 79.9. The molecule has 2 nitrogen and oxygen atoms in total. The van der Waals surface area contributed by atoms with Crippen LogP contribution in [0.4, 0.5) is 5.69 Å². The van der Waals surface area contributed by atoms with Gasteiger partial charge in [0.2, 0.25) is 0 Å². The Labute approximate surface area is 106 Å². The Morgan fingerprint density at radius 3 is 3.12 bits per heavy atom. The number of anilines is 1. The van der Waals surface area contributed by atoms with Gasteiger partial charge in [-0.05, 0) is 59.8 Å². The Bertz CT molecular complexity index is 348. The standard InChI is InChI=1S/C13H18BrNO/c1-10-4-5-12(14)13(9-10)15-7-6-11-3-2-8-16-11/h4-5,9,11,15H,2-3,6-8H2,1H3. The van der Waals surface area contributed by atoms with Gasteiger partial charge in [0, 0.05) is 23.3 Å². The molecule has 3 heteroatoms. The van der Waals surface area contributed by atoms with Gasteiger partial charge in [-0.2, -0.15) is 0 Å². The second-order valence-corrected chi connectivity index (χ2v) is 5.19. The van der Waals surface area contributed by atoms with E-state index in [1.165, 1.54) is 24.1 Å². The summed E-state index contributed by atoms with van der Waals surface area (Å²) in [5, 5.41) is 3.45. The molecule has 1 saturated heterocycles. The summed E-state index contributed by atoms with van der Waals surface area (Å²) in [4.78, 5) is 0. The minimum atomic E-state index is 0.469. The van der Waals surface area contributed by atoms with Gasteiger partial charge in [0.05, 0.1) is 6.10 Å². The first-order valence-corrected chi connectivity index (χ1v) is 6.66. The molecule has 1 N–H and O–H groups in total. The molecular weight excluding hydrogens is 266 g/mol. The van der Waals surface area contributed by atoms with Gasteiger partial charge in [-0.3, -0.25) is 0 Å². The maximum atomic E-state index is 5.59. The zero-order valence-corrected chi connectivity index (χ0v) is 11.2. The van der Waals surface area contributed by atoms with E-state index in [4.69, 9.17) is 4.74 Å². The average Bonchev–Trinajstić information content (AvgIpc) is 2.76. The van der Waals surface area contributed by atoms with Crippen LogP contribution >= 0.6 is 15.9 Å². The molecule has 88 valence electrons. The molecule has 0 aliphatic carbocycles. The van der Waals surface area contributed by atoms with E-state index in [0.717, 1.165) is 24.0 Å². The summed E-state index contributed by atoms with van der Waals surface area (Å²) in [6.45, 7) is 4.03. The van der Waals surface area contributed by atoms with E-state index >= 15 is 0 Å². The van der Waals surface area contributed by atoms with Gasteiger partial charge >= 0.3 is 0 Å². The summed E-state index contributed by atoms with van der Waals surface area (Å²) in [6.07, 6.45) is 4.01. The lowest BCUT2D eigenvalue weighted by Crippen LogP contribution is -2.12. The average molecular weight is 284 g/mol. The molecule has 16 heavy (non-hydrogen) atoms. The summed E-state index contributed by atoms with van der Waals surface area (Å²) in [5.41, 5.74) is 2.46. The van der Waals surface area contributed by atoms with Crippen molar-refractivity contribution < 1.29 is 4.74 Å². The minimum Gasteiger partial charge on any atom is -0.384 e. The van der Waals surface area contributed by atoms with Gasteiger partial charge in [0.1, 0.15) is 0 Å². The Hall–Kier alpha value is -0.540. The maximum absolute atomic E-state index is 5.59. The summed E-state index contributed by atoms with van der Waals surface area (Å²) in [5.74, 6) is 0. The third-order valence-electron chi connectivity index (χ3n) is 2.93. The molecule has 0 bridgehead atoms. The summed E-state index contributed by atoms with van der Waals surface area (Å²) < 4.78 is 6.72. The normalized spacial score (nSPS) is 20.0. The number of rotatable bonds is 4. The smallest absolute Gasteiger partial charge is 0.0592 e. The first-order valence-electron chi connectivity index (χ1n) is 5.87. The van der Waals surface area contributed by atoms with Crippen LogP contribution in [0.15, 0.2) is 22.7 Å². The van der Waals surface area contributed by atoms with Crippen LogP contribution in [0.1, 0.15) is 24.8 Å². The van der Waals surface area contributed by atoms with Crippen LogP contribution < -0.4 is 5.32 Å². The van der Waals surface area contributed by atoms with Crippen molar-refractivity contribution in [1.82, 2.24) is 0 Å². The fourth-order valence-electron chi connectivity index (χ4n) is 2.01. The van der Waals surface area contributed by atoms with Crippen LogP contribution in [0.25, 0.3) is 0 Å². The zero-order valence-electron chi connectivity index (χ0n) is 9.63. The van der Waals surface area contributed by atoms with Crippen molar-refractivity contribution in [3.63, 3.8) is 0 Å². The molecule has 1 atom stereocenters. The molecule has 1 unspecified atom stereocenters. The molecule has 1 fully saturated rings. The Kier molecular flexibility index (Phi) is 4.24. The van der Waals surface area contributed by atoms with Crippen LogP contribution in [0.2, 0.25) is 0 Å². The molecule has 0 spiro atoms. The number of benzene rings is 1. The number of aryl methyl sites for hydroxylation is 1. The number of nitrogens with one attached hydrogen (secondary N) is 1. The summed E-state index contributed by atoms with van der Waals surface area (Å²) >= 11 is 3.55. The van der Waals surface area contributed by atoms with Gasteiger partial charge in [0.15, 0.2) is 0 Å². The van der Waals surface area contributed by atoms with E-state index in [0.29, 0.717) is 6.10 Å². The van der Waals surface area contributed by atoms with Gasteiger partial charge in [-0.15, -0.1) is 0 Å². The number of halogens is 1. The first-order chi connectivity index (χ1) is 7.75. The van der Waals surface area contributed by atoms with Crippen LogP contribution in [0.5, 0.6) is 0 Å². The SMILES string of the molecule is Cc1ccc(Br)c(NCCC2CCCO2)c1.